The fourth-order valence-electron chi connectivity index (χ4n) is 3.28. The molecule has 1 aliphatic carbocycles. The van der Waals surface area contributed by atoms with E-state index in [-0.39, 0.29) is 12.1 Å². The second-order valence-electron chi connectivity index (χ2n) is 6.43. The molecule has 1 aromatic heterocycles. The zero-order valence-corrected chi connectivity index (χ0v) is 15.0. The Morgan fingerprint density at radius 1 is 1.33 bits per heavy atom. The van der Waals surface area contributed by atoms with Gasteiger partial charge in [0, 0.05) is 6.04 Å². The highest BCUT2D eigenvalue weighted by Crippen LogP contribution is 2.21. The standard InChI is InChI=1S/C18H26N4OS/c1-24-12-11-16(17-20-14-9-5-6-10-15(14)21-17)22-18(23)19-13-7-3-2-4-8-13/h5-6,9-10,13,16H,2-4,7-8,11-12H2,1H3,(H,20,21)(H2,19,22,23)/t16-/m0/s1. The van der Waals surface area contributed by atoms with Gasteiger partial charge in [0.1, 0.15) is 5.82 Å². The minimum Gasteiger partial charge on any atom is -0.340 e. The van der Waals surface area contributed by atoms with Crippen LogP contribution in [0.3, 0.4) is 0 Å². The molecule has 1 atom stereocenters. The molecule has 2 aromatic rings. The molecule has 0 radical (unpaired) electrons. The summed E-state index contributed by atoms with van der Waals surface area (Å²) >= 11 is 1.78. The van der Waals surface area contributed by atoms with Crippen LogP contribution in [-0.2, 0) is 0 Å². The van der Waals surface area contributed by atoms with Crippen LogP contribution < -0.4 is 10.6 Å². The van der Waals surface area contributed by atoms with Gasteiger partial charge in [0.2, 0.25) is 0 Å². The lowest BCUT2D eigenvalue weighted by molar-refractivity contribution is 0.228. The third kappa shape index (κ3) is 4.44. The summed E-state index contributed by atoms with van der Waals surface area (Å²) in [6, 6.07) is 8.12. The van der Waals surface area contributed by atoms with Crippen molar-refractivity contribution < 1.29 is 4.79 Å². The van der Waals surface area contributed by atoms with Gasteiger partial charge in [-0.05, 0) is 43.4 Å². The Balaban J connectivity index is 1.67. The van der Waals surface area contributed by atoms with Crippen LogP contribution in [0.1, 0.15) is 50.4 Å². The van der Waals surface area contributed by atoms with Gasteiger partial charge < -0.3 is 15.6 Å². The van der Waals surface area contributed by atoms with E-state index in [1.807, 2.05) is 24.3 Å². The molecule has 3 N–H and O–H groups in total. The highest BCUT2D eigenvalue weighted by atomic mass is 32.2. The first kappa shape index (κ1) is 17.1. The molecule has 0 spiro atoms. The van der Waals surface area contributed by atoms with E-state index in [1.54, 1.807) is 11.8 Å². The van der Waals surface area contributed by atoms with Crippen LogP contribution in [-0.4, -0.2) is 34.0 Å². The van der Waals surface area contributed by atoms with E-state index in [0.717, 1.165) is 41.9 Å². The molecule has 1 fully saturated rings. The first-order chi connectivity index (χ1) is 11.8. The number of imidazole rings is 1. The Morgan fingerprint density at radius 2 is 2.12 bits per heavy atom. The summed E-state index contributed by atoms with van der Waals surface area (Å²) in [5, 5.41) is 6.25. The molecule has 0 unspecified atom stereocenters. The number of benzene rings is 1. The number of carbonyl (C=O) groups is 1. The smallest absolute Gasteiger partial charge is 0.315 e. The van der Waals surface area contributed by atoms with Crippen LogP contribution in [0, 0.1) is 0 Å². The number of rotatable bonds is 6. The van der Waals surface area contributed by atoms with Crippen molar-refractivity contribution in [1.82, 2.24) is 20.6 Å². The van der Waals surface area contributed by atoms with Gasteiger partial charge in [-0.2, -0.15) is 11.8 Å². The number of hydrogen-bond donors (Lipinski definition) is 3. The van der Waals surface area contributed by atoms with E-state index < -0.39 is 0 Å². The van der Waals surface area contributed by atoms with Crippen LogP contribution in [0.4, 0.5) is 4.79 Å². The van der Waals surface area contributed by atoms with Crippen LogP contribution in [0.15, 0.2) is 24.3 Å². The average molecular weight is 346 g/mol. The number of nitrogens with zero attached hydrogens (tertiary/aromatic N) is 1. The van der Waals surface area contributed by atoms with E-state index in [4.69, 9.17) is 0 Å². The maximum Gasteiger partial charge on any atom is 0.315 e. The molecule has 1 heterocycles. The van der Waals surface area contributed by atoms with Crippen molar-refractivity contribution in [2.24, 2.45) is 0 Å². The molecule has 2 amide bonds. The fourth-order valence-corrected chi connectivity index (χ4v) is 3.75. The SMILES string of the molecule is CSCC[C@H](NC(=O)NC1CCCCC1)c1nc2ccccc2[nH]1. The molecule has 0 saturated heterocycles. The second-order valence-corrected chi connectivity index (χ2v) is 7.41. The summed E-state index contributed by atoms with van der Waals surface area (Å²) in [5.74, 6) is 1.81. The number of nitrogens with one attached hydrogen (secondary N) is 3. The summed E-state index contributed by atoms with van der Waals surface area (Å²) in [5.41, 5.74) is 1.95. The minimum absolute atomic E-state index is 0.0755. The number of urea groups is 1. The maximum absolute atomic E-state index is 12.4. The number of H-pyrrole nitrogens is 1. The van der Waals surface area contributed by atoms with Crippen molar-refractivity contribution in [3.05, 3.63) is 30.1 Å². The normalized spacial score (nSPS) is 16.9. The van der Waals surface area contributed by atoms with Crippen molar-refractivity contribution >= 4 is 28.8 Å². The number of aromatic amines is 1. The van der Waals surface area contributed by atoms with Gasteiger partial charge in [-0.25, -0.2) is 9.78 Å². The summed E-state index contributed by atoms with van der Waals surface area (Å²) in [4.78, 5) is 20.4. The molecule has 0 aliphatic heterocycles. The first-order valence-corrected chi connectivity index (χ1v) is 10.2. The zero-order chi connectivity index (χ0) is 16.8. The predicted molar refractivity (Wildman–Crippen MR) is 100 cm³/mol. The molecule has 1 aromatic carbocycles. The van der Waals surface area contributed by atoms with E-state index in [9.17, 15) is 4.79 Å². The van der Waals surface area contributed by atoms with Gasteiger partial charge in [-0.3, -0.25) is 0 Å². The Labute approximate surface area is 147 Å². The maximum atomic E-state index is 12.4. The van der Waals surface area contributed by atoms with Crippen molar-refractivity contribution in [2.45, 2.75) is 50.6 Å². The summed E-state index contributed by atoms with van der Waals surface area (Å²) in [6.07, 6.45) is 8.84. The highest BCUT2D eigenvalue weighted by Gasteiger charge is 2.21. The van der Waals surface area contributed by atoms with Gasteiger partial charge in [0.05, 0.1) is 17.1 Å². The molecule has 1 saturated carbocycles. The van der Waals surface area contributed by atoms with E-state index >= 15 is 0 Å². The number of hydrogen-bond acceptors (Lipinski definition) is 3. The largest absolute Gasteiger partial charge is 0.340 e. The predicted octanol–water partition coefficient (Wildman–Crippen LogP) is 3.99. The van der Waals surface area contributed by atoms with Crippen LogP contribution in [0.25, 0.3) is 11.0 Å². The molecular weight excluding hydrogens is 320 g/mol. The average Bonchev–Trinajstić information content (AvgIpc) is 3.03. The van der Waals surface area contributed by atoms with E-state index in [2.05, 4.69) is 26.9 Å². The molecule has 5 nitrogen and oxygen atoms in total. The lowest BCUT2D eigenvalue weighted by atomic mass is 9.96. The molecule has 3 rings (SSSR count). The quantitative estimate of drug-likeness (QED) is 0.741. The lowest BCUT2D eigenvalue weighted by Gasteiger charge is -2.24. The molecular formula is C18H26N4OS. The molecule has 0 bridgehead atoms. The van der Waals surface area contributed by atoms with Crippen molar-refractivity contribution in [1.29, 1.82) is 0 Å². The first-order valence-electron chi connectivity index (χ1n) is 8.77. The minimum atomic E-state index is -0.0894. The lowest BCUT2D eigenvalue weighted by Crippen LogP contribution is -2.44. The van der Waals surface area contributed by atoms with Crippen molar-refractivity contribution in [3.63, 3.8) is 0 Å². The summed E-state index contributed by atoms with van der Waals surface area (Å²) < 4.78 is 0. The van der Waals surface area contributed by atoms with Crippen molar-refractivity contribution in [2.75, 3.05) is 12.0 Å². The zero-order valence-electron chi connectivity index (χ0n) is 14.2. The van der Waals surface area contributed by atoms with Crippen LogP contribution in [0.2, 0.25) is 0 Å². The highest BCUT2D eigenvalue weighted by molar-refractivity contribution is 7.98. The summed E-state index contributed by atoms with van der Waals surface area (Å²) in [7, 11) is 0. The van der Waals surface area contributed by atoms with Crippen molar-refractivity contribution in [3.8, 4) is 0 Å². The number of thioether (sulfide) groups is 1. The second kappa shape index (κ2) is 8.42. The van der Waals surface area contributed by atoms with Gasteiger partial charge >= 0.3 is 6.03 Å². The number of fused-ring (bicyclic) bond motifs is 1. The van der Waals surface area contributed by atoms with Crippen LogP contribution >= 0.6 is 11.8 Å². The van der Waals surface area contributed by atoms with Gasteiger partial charge in [-0.1, -0.05) is 31.4 Å². The summed E-state index contributed by atoms with van der Waals surface area (Å²) in [6.45, 7) is 0. The van der Waals surface area contributed by atoms with Gasteiger partial charge in [-0.15, -0.1) is 0 Å². The molecule has 24 heavy (non-hydrogen) atoms. The van der Waals surface area contributed by atoms with Gasteiger partial charge in [0.25, 0.3) is 0 Å². The monoisotopic (exact) mass is 346 g/mol. The number of carbonyl (C=O) groups excluding carboxylic acids is 1. The number of amides is 2. The van der Waals surface area contributed by atoms with Gasteiger partial charge in [0.15, 0.2) is 0 Å². The number of para-hydroxylation sites is 2. The Morgan fingerprint density at radius 3 is 2.88 bits per heavy atom. The molecule has 6 heteroatoms. The fraction of sp³-hybridized carbons (Fsp3) is 0.556. The number of aromatic nitrogens is 2. The third-order valence-corrected chi connectivity index (χ3v) is 5.24. The topological polar surface area (TPSA) is 69.8 Å². The molecule has 1 aliphatic rings. The Hall–Kier alpha value is -1.69. The third-order valence-electron chi connectivity index (χ3n) is 4.59. The Bertz CT molecular complexity index is 633. The van der Waals surface area contributed by atoms with E-state index in [0.29, 0.717) is 6.04 Å². The van der Waals surface area contributed by atoms with E-state index in [1.165, 1.54) is 19.3 Å². The Kier molecular flexibility index (Phi) is 6.01. The molecule has 130 valence electrons. The van der Waals surface area contributed by atoms with Crippen LogP contribution in [0.5, 0.6) is 0 Å².